The van der Waals surface area contributed by atoms with Gasteiger partial charge in [0.05, 0.1) is 0 Å². The molecule has 0 spiro atoms. The van der Waals surface area contributed by atoms with Gasteiger partial charge >= 0.3 is 0 Å². The molecule has 4 nitrogen and oxygen atoms in total. The lowest BCUT2D eigenvalue weighted by Crippen LogP contribution is -2.51. The van der Waals surface area contributed by atoms with Crippen LogP contribution < -0.4 is 5.32 Å². The van der Waals surface area contributed by atoms with E-state index in [0.29, 0.717) is 18.0 Å². The maximum Gasteiger partial charge on any atom is 0.243 e. The van der Waals surface area contributed by atoms with Crippen LogP contribution in [0.25, 0.3) is 0 Å². The highest BCUT2D eigenvalue weighted by Gasteiger charge is 2.31. The van der Waals surface area contributed by atoms with Crippen molar-refractivity contribution in [1.82, 2.24) is 10.2 Å². The number of carbonyl (C=O) groups excluding carboxylic acids is 2. The number of halogens is 1. The number of amides is 2. The lowest BCUT2D eigenvalue weighted by Gasteiger charge is -2.33. The van der Waals surface area contributed by atoms with Gasteiger partial charge in [-0.3, -0.25) is 9.59 Å². The first-order valence-corrected chi connectivity index (χ1v) is 12.7. The molecule has 0 aliphatic heterocycles. The van der Waals surface area contributed by atoms with E-state index >= 15 is 0 Å². The minimum atomic E-state index is -0.556. The van der Waals surface area contributed by atoms with Crippen LogP contribution in [0, 0.1) is 0 Å². The molecule has 0 aliphatic rings. The smallest absolute Gasteiger partial charge is 0.243 e. The molecule has 0 fully saturated rings. The first-order chi connectivity index (χ1) is 16.9. The van der Waals surface area contributed by atoms with Gasteiger partial charge in [-0.25, -0.2) is 0 Å². The highest BCUT2D eigenvalue weighted by molar-refractivity contribution is 6.30. The maximum absolute atomic E-state index is 14.0. The van der Waals surface area contributed by atoms with Gasteiger partial charge in [-0.15, -0.1) is 0 Å². The average molecular weight is 491 g/mol. The molecule has 0 saturated carbocycles. The van der Waals surface area contributed by atoms with E-state index in [1.165, 1.54) is 0 Å². The van der Waals surface area contributed by atoms with Crippen molar-refractivity contribution in [3.05, 3.63) is 107 Å². The summed E-state index contributed by atoms with van der Waals surface area (Å²) in [6.07, 6.45) is 1.63. The monoisotopic (exact) mass is 490 g/mol. The van der Waals surface area contributed by atoms with E-state index in [9.17, 15) is 9.59 Å². The summed E-state index contributed by atoms with van der Waals surface area (Å²) in [6, 6.07) is 27.1. The lowest BCUT2D eigenvalue weighted by molar-refractivity contribution is -0.141. The highest BCUT2D eigenvalue weighted by atomic mass is 35.5. The van der Waals surface area contributed by atoms with Crippen LogP contribution in [0.1, 0.15) is 62.6 Å². The number of carbonyl (C=O) groups is 2. The third-order valence-electron chi connectivity index (χ3n) is 6.44. The molecule has 1 N–H and O–H groups in total. The van der Waals surface area contributed by atoms with Gasteiger partial charge < -0.3 is 10.2 Å². The van der Waals surface area contributed by atoms with Gasteiger partial charge in [-0.2, -0.15) is 0 Å². The topological polar surface area (TPSA) is 49.4 Å². The van der Waals surface area contributed by atoms with Crippen LogP contribution in [-0.4, -0.2) is 28.8 Å². The Kier molecular flexibility index (Phi) is 9.92. The van der Waals surface area contributed by atoms with Crippen LogP contribution in [-0.2, 0) is 16.1 Å². The largest absolute Gasteiger partial charge is 0.352 e. The van der Waals surface area contributed by atoms with Crippen molar-refractivity contribution in [2.75, 3.05) is 0 Å². The Labute approximate surface area is 214 Å². The summed E-state index contributed by atoms with van der Waals surface area (Å²) < 4.78 is 0. The van der Waals surface area contributed by atoms with E-state index in [4.69, 9.17) is 11.6 Å². The molecule has 0 aromatic heterocycles. The summed E-state index contributed by atoms with van der Waals surface area (Å²) in [5.74, 6) is -0.267. The van der Waals surface area contributed by atoms with Crippen molar-refractivity contribution >= 4 is 23.4 Å². The van der Waals surface area contributed by atoms with Gasteiger partial charge in [0.1, 0.15) is 6.04 Å². The van der Waals surface area contributed by atoms with E-state index in [2.05, 4.69) is 29.6 Å². The van der Waals surface area contributed by atoms with Crippen molar-refractivity contribution in [1.29, 1.82) is 0 Å². The van der Waals surface area contributed by atoms with Crippen LogP contribution in [0.5, 0.6) is 0 Å². The molecule has 2 amide bonds. The fraction of sp³-hybridized carbons (Fsp3) is 0.333. The standard InChI is InChI=1S/C30H35ClN2O2/c1-4-22(3)32-30(35)28(5-2)33(21-23-16-18-26(31)19-17-23)29(34)20-27(24-12-8-6-9-13-24)25-14-10-7-11-15-25/h6-19,22,27-28H,4-5,20-21H2,1-3H3,(H,32,35)/t22-,28-/m1/s1. The molecule has 184 valence electrons. The van der Waals surface area contributed by atoms with Crippen LogP contribution in [0.4, 0.5) is 0 Å². The molecule has 0 saturated heterocycles. The second kappa shape index (κ2) is 13.1. The summed E-state index contributed by atoms with van der Waals surface area (Å²) in [5, 5.41) is 3.71. The van der Waals surface area contributed by atoms with Crippen LogP contribution in [0.15, 0.2) is 84.9 Å². The molecule has 2 atom stereocenters. The number of rotatable bonds is 11. The highest BCUT2D eigenvalue weighted by Crippen LogP contribution is 2.29. The predicted molar refractivity (Wildman–Crippen MR) is 143 cm³/mol. The third-order valence-corrected chi connectivity index (χ3v) is 6.69. The molecule has 5 heteroatoms. The summed E-state index contributed by atoms with van der Waals surface area (Å²) in [5.41, 5.74) is 3.10. The Hall–Kier alpha value is -3.11. The molecule has 0 bridgehead atoms. The fourth-order valence-electron chi connectivity index (χ4n) is 4.24. The summed E-state index contributed by atoms with van der Waals surface area (Å²) in [7, 11) is 0. The maximum atomic E-state index is 14.0. The van der Waals surface area contributed by atoms with Crippen LogP contribution >= 0.6 is 11.6 Å². The number of hydrogen-bond acceptors (Lipinski definition) is 2. The normalized spacial score (nSPS) is 12.7. The zero-order valence-electron chi connectivity index (χ0n) is 20.8. The number of nitrogens with zero attached hydrogens (tertiary/aromatic N) is 1. The summed E-state index contributed by atoms with van der Waals surface area (Å²) >= 11 is 6.08. The predicted octanol–water partition coefficient (Wildman–Crippen LogP) is 6.58. The first-order valence-electron chi connectivity index (χ1n) is 12.4. The molecule has 3 rings (SSSR count). The second-order valence-electron chi connectivity index (χ2n) is 8.97. The molecule has 35 heavy (non-hydrogen) atoms. The fourth-order valence-corrected chi connectivity index (χ4v) is 4.36. The molecule has 0 radical (unpaired) electrons. The Bertz CT molecular complexity index is 1030. The minimum Gasteiger partial charge on any atom is -0.352 e. The Morgan fingerprint density at radius 3 is 1.86 bits per heavy atom. The molecule has 3 aromatic carbocycles. The van der Waals surface area contributed by atoms with Crippen molar-refractivity contribution in [2.24, 2.45) is 0 Å². The van der Waals surface area contributed by atoms with Crippen molar-refractivity contribution in [3.63, 3.8) is 0 Å². The lowest BCUT2D eigenvalue weighted by atomic mass is 9.88. The molecule has 0 unspecified atom stereocenters. The van der Waals surface area contributed by atoms with Crippen LogP contribution in [0.3, 0.4) is 0 Å². The van der Waals surface area contributed by atoms with Gasteiger partial charge in [0.2, 0.25) is 11.8 Å². The van der Waals surface area contributed by atoms with Crippen LogP contribution in [0.2, 0.25) is 5.02 Å². The van der Waals surface area contributed by atoms with E-state index in [1.54, 1.807) is 4.90 Å². The van der Waals surface area contributed by atoms with Crippen molar-refractivity contribution in [2.45, 2.75) is 64.6 Å². The van der Waals surface area contributed by atoms with Gasteiger partial charge in [-0.1, -0.05) is 98.2 Å². The SMILES string of the molecule is CC[C@@H](C)NC(=O)[C@@H](CC)N(Cc1ccc(Cl)cc1)C(=O)CC(c1ccccc1)c1ccccc1. The zero-order chi connectivity index (χ0) is 25.2. The first kappa shape index (κ1) is 26.5. The quantitative estimate of drug-likeness (QED) is 0.330. The molecule has 0 aliphatic carbocycles. The third kappa shape index (κ3) is 7.43. The van der Waals surface area contributed by atoms with E-state index < -0.39 is 6.04 Å². The van der Waals surface area contributed by atoms with E-state index in [0.717, 1.165) is 23.1 Å². The molecular weight excluding hydrogens is 456 g/mol. The molecular formula is C30H35ClN2O2. The average Bonchev–Trinajstić information content (AvgIpc) is 2.89. The molecule has 0 heterocycles. The summed E-state index contributed by atoms with van der Waals surface area (Å²) in [4.78, 5) is 28.9. The Balaban J connectivity index is 1.94. The minimum absolute atomic E-state index is 0.0467. The van der Waals surface area contributed by atoms with Gasteiger partial charge in [0, 0.05) is 29.9 Å². The second-order valence-corrected chi connectivity index (χ2v) is 9.40. The number of hydrogen-bond donors (Lipinski definition) is 1. The van der Waals surface area contributed by atoms with Gasteiger partial charge in [0.15, 0.2) is 0 Å². The number of nitrogens with one attached hydrogen (secondary N) is 1. The van der Waals surface area contributed by atoms with Gasteiger partial charge in [-0.05, 0) is 48.6 Å². The zero-order valence-corrected chi connectivity index (χ0v) is 21.5. The Morgan fingerprint density at radius 1 is 0.829 bits per heavy atom. The van der Waals surface area contributed by atoms with Crippen molar-refractivity contribution < 1.29 is 9.59 Å². The summed E-state index contributed by atoms with van der Waals surface area (Å²) in [6.45, 7) is 6.32. The Morgan fingerprint density at radius 2 is 1.37 bits per heavy atom. The van der Waals surface area contributed by atoms with Gasteiger partial charge in [0.25, 0.3) is 0 Å². The number of benzene rings is 3. The van der Waals surface area contributed by atoms with E-state index in [-0.39, 0.29) is 30.2 Å². The van der Waals surface area contributed by atoms with E-state index in [1.807, 2.05) is 81.4 Å². The van der Waals surface area contributed by atoms with Crippen molar-refractivity contribution in [3.8, 4) is 0 Å². The molecule has 3 aromatic rings.